The van der Waals surface area contributed by atoms with Gasteiger partial charge in [0.2, 0.25) is 0 Å². The predicted octanol–water partition coefficient (Wildman–Crippen LogP) is 4.29. The molecule has 0 aromatic heterocycles. The normalized spacial score (nSPS) is 13.6. The highest BCUT2D eigenvalue weighted by atomic mass is 16.1. The molecule has 0 atom stereocenters. The average Bonchev–Trinajstić information content (AvgIpc) is 2.48. The number of ketones is 1. The third-order valence-electron chi connectivity index (χ3n) is 3.61. The van der Waals surface area contributed by atoms with Crippen molar-refractivity contribution in [1.29, 1.82) is 0 Å². The van der Waals surface area contributed by atoms with Crippen LogP contribution in [0.5, 0.6) is 0 Å². The molecule has 1 aliphatic rings. The zero-order valence-electron chi connectivity index (χ0n) is 10.8. The van der Waals surface area contributed by atoms with Crippen LogP contribution in [0.4, 0.5) is 0 Å². The SMILES string of the molecule is O=C(CC1=CCCc2ccccc21)c1ccccc1. The van der Waals surface area contributed by atoms with Crippen LogP contribution in [0.3, 0.4) is 0 Å². The van der Waals surface area contributed by atoms with Gasteiger partial charge < -0.3 is 0 Å². The summed E-state index contributed by atoms with van der Waals surface area (Å²) in [6.07, 6.45) is 4.83. The highest BCUT2D eigenvalue weighted by Gasteiger charge is 2.15. The van der Waals surface area contributed by atoms with Gasteiger partial charge in [0.15, 0.2) is 5.78 Å². The quantitative estimate of drug-likeness (QED) is 0.740. The third kappa shape index (κ3) is 2.50. The first-order valence-electron chi connectivity index (χ1n) is 6.70. The lowest BCUT2D eigenvalue weighted by Gasteiger charge is -2.17. The molecule has 0 unspecified atom stereocenters. The van der Waals surface area contributed by atoms with Crippen LogP contribution in [0.1, 0.15) is 34.3 Å². The smallest absolute Gasteiger partial charge is 0.167 e. The molecule has 2 aromatic rings. The number of Topliss-reactive ketones (excluding diaryl/α,β-unsaturated/α-hetero) is 1. The van der Waals surface area contributed by atoms with Gasteiger partial charge in [-0.15, -0.1) is 0 Å². The van der Waals surface area contributed by atoms with Gasteiger partial charge in [-0.25, -0.2) is 0 Å². The van der Waals surface area contributed by atoms with Crippen molar-refractivity contribution in [2.75, 3.05) is 0 Å². The summed E-state index contributed by atoms with van der Waals surface area (Å²) in [6, 6.07) is 17.9. The highest BCUT2D eigenvalue weighted by molar-refractivity contribution is 6.02. The molecule has 0 fully saturated rings. The first-order chi connectivity index (χ1) is 9.34. The maximum Gasteiger partial charge on any atom is 0.167 e. The van der Waals surface area contributed by atoms with Crippen LogP contribution >= 0.6 is 0 Å². The Bertz CT molecular complexity index is 623. The Kier molecular flexibility index (Phi) is 3.28. The maximum atomic E-state index is 12.3. The van der Waals surface area contributed by atoms with Crippen LogP contribution in [-0.2, 0) is 6.42 Å². The van der Waals surface area contributed by atoms with Crippen molar-refractivity contribution in [3.63, 3.8) is 0 Å². The second-order valence-electron chi connectivity index (χ2n) is 4.89. The van der Waals surface area contributed by atoms with Crippen molar-refractivity contribution >= 4 is 11.4 Å². The third-order valence-corrected chi connectivity index (χ3v) is 3.61. The number of hydrogen-bond acceptors (Lipinski definition) is 1. The van der Waals surface area contributed by atoms with E-state index in [0.29, 0.717) is 6.42 Å². The van der Waals surface area contributed by atoms with Crippen molar-refractivity contribution in [3.8, 4) is 0 Å². The second-order valence-corrected chi connectivity index (χ2v) is 4.89. The standard InChI is InChI=1S/C18H16O/c19-18(15-8-2-1-3-9-15)13-16-11-6-10-14-7-4-5-12-17(14)16/h1-5,7-9,11-12H,6,10,13H2. The van der Waals surface area contributed by atoms with Gasteiger partial charge in [-0.2, -0.15) is 0 Å². The zero-order valence-corrected chi connectivity index (χ0v) is 10.8. The Labute approximate surface area is 113 Å². The van der Waals surface area contributed by atoms with Crippen LogP contribution in [0.2, 0.25) is 0 Å². The van der Waals surface area contributed by atoms with Crippen LogP contribution < -0.4 is 0 Å². The number of allylic oxidation sites excluding steroid dienone is 2. The molecule has 0 saturated carbocycles. The van der Waals surface area contributed by atoms with Crippen molar-refractivity contribution < 1.29 is 4.79 Å². The summed E-state index contributed by atoms with van der Waals surface area (Å²) in [6.45, 7) is 0. The van der Waals surface area contributed by atoms with Crippen molar-refractivity contribution in [2.24, 2.45) is 0 Å². The number of carbonyl (C=O) groups excluding carboxylic acids is 1. The molecular weight excluding hydrogens is 232 g/mol. The van der Waals surface area contributed by atoms with Gasteiger partial charge in [0.25, 0.3) is 0 Å². The van der Waals surface area contributed by atoms with E-state index in [1.165, 1.54) is 16.7 Å². The van der Waals surface area contributed by atoms with Gasteiger partial charge >= 0.3 is 0 Å². The molecule has 0 spiro atoms. The monoisotopic (exact) mass is 248 g/mol. The fraction of sp³-hybridized carbons (Fsp3) is 0.167. The Morgan fingerprint density at radius 1 is 0.947 bits per heavy atom. The first-order valence-corrected chi connectivity index (χ1v) is 6.70. The molecule has 1 nitrogen and oxygen atoms in total. The van der Waals surface area contributed by atoms with E-state index in [9.17, 15) is 4.79 Å². The van der Waals surface area contributed by atoms with Gasteiger partial charge in [0.05, 0.1) is 0 Å². The van der Waals surface area contributed by atoms with E-state index >= 15 is 0 Å². The predicted molar refractivity (Wildman–Crippen MR) is 78.1 cm³/mol. The lowest BCUT2D eigenvalue weighted by molar-refractivity contribution is 0.0998. The molecule has 94 valence electrons. The van der Waals surface area contributed by atoms with Gasteiger partial charge in [-0.3, -0.25) is 4.79 Å². The summed E-state index contributed by atoms with van der Waals surface area (Å²) >= 11 is 0. The molecule has 0 saturated heterocycles. The van der Waals surface area contributed by atoms with Gasteiger partial charge in [0.1, 0.15) is 0 Å². The zero-order chi connectivity index (χ0) is 13.1. The first kappa shape index (κ1) is 11.9. The molecule has 0 radical (unpaired) electrons. The van der Waals surface area contributed by atoms with E-state index < -0.39 is 0 Å². The Morgan fingerprint density at radius 2 is 1.68 bits per heavy atom. The molecule has 1 heteroatoms. The van der Waals surface area contributed by atoms with Gasteiger partial charge in [-0.05, 0) is 29.5 Å². The summed E-state index contributed by atoms with van der Waals surface area (Å²) in [5.41, 5.74) is 4.58. The molecular formula is C18H16O. The number of carbonyl (C=O) groups is 1. The van der Waals surface area contributed by atoms with Crippen molar-refractivity contribution in [2.45, 2.75) is 19.3 Å². The van der Waals surface area contributed by atoms with E-state index in [1.54, 1.807) is 0 Å². The molecule has 0 bridgehead atoms. The minimum Gasteiger partial charge on any atom is -0.294 e. The highest BCUT2D eigenvalue weighted by Crippen LogP contribution is 2.29. The average molecular weight is 248 g/mol. The van der Waals surface area contributed by atoms with E-state index in [2.05, 4.69) is 24.3 Å². The van der Waals surface area contributed by atoms with Crippen LogP contribution in [0.15, 0.2) is 60.7 Å². The Balaban J connectivity index is 1.85. The number of benzene rings is 2. The minimum atomic E-state index is 0.198. The van der Waals surface area contributed by atoms with Gasteiger partial charge in [-0.1, -0.05) is 60.7 Å². The number of hydrogen-bond donors (Lipinski definition) is 0. The Morgan fingerprint density at radius 3 is 2.53 bits per heavy atom. The van der Waals surface area contributed by atoms with Crippen LogP contribution in [-0.4, -0.2) is 5.78 Å². The van der Waals surface area contributed by atoms with E-state index in [1.807, 2.05) is 36.4 Å². The molecule has 0 amide bonds. The number of rotatable bonds is 3. The fourth-order valence-corrected chi connectivity index (χ4v) is 2.63. The second kappa shape index (κ2) is 5.23. The molecule has 0 heterocycles. The molecule has 2 aromatic carbocycles. The minimum absolute atomic E-state index is 0.198. The largest absolute Gasteiger partial charge is 0.294 e. The number of fused-ring (bicyclic) bond motifs is 1. The summed E-state index contributed by atoms with van der Waals surface area (Å²) in [7, 11) is 0. The van der Waals surface area contributed by atoms with E-state index in [-0.39, 0.29) is 5.78 Å². The molecule has 19 heavy (non-hydrogen) atoms. The van der Waals surface area contributed by atoms with Gasteiger partial charge in [0, 0.05) is 12.0 Å². The van der Waals surface area contributed by atoms with Crippen LogP contribution in [0, 0.1) is 0 Å². The Hall–Kier alpha value is -2.15. The topological polar surface area (TPSA) is 17.1 Å². The van der Waals surface area contributed by atoms with Crippen molar-refractivity contribution in [3.05, 3.63) is 77.4 Å². The van der Waals surface area contributed by atoms with Crippen LogP contribution in [0.25, 0.3) is 5.57 Å². The molecule has 3 rings (SSSR count). The lowest BCUT2D eigenvalue weighted by atomic mass is 9.87. The lowest BCUT2D eigenvalue weighted by Crippen LogP contribution is -2.05. The van der Waals surface area contributed by atoms with Crippen molar-refractivity contribution in [1.82, 2.24) is 0 Å². The summed E-state index contributed by atoms with van der Waals surface area (Å²) in [4.78, 5) is 12.3. The number of aryl methyl sites for hydroxylation is 1. The summed E-state index contributed by atoms with van der Waals surface area (Å²) in [5.74, 6) is 0.198. The van der Waals surface area contributed by atoms with E-state index in [0.717, 1.165) is 18.4 Å². The maximum absolute atomic E-state index is 12.3. The fourth-order valence-electron chi connectivity index (χ4n) is 2.63. The van der Waals surface area contributed by atoms with E-state index in [4.69, 9.17) is 0 Å². The molecule has 0 N–H and O–H groups in total. The molecule has 0 aliphatic heterocycles. The summed E-state index contributed by atoms with van der Waals surface area (Å²) in [5, 5.41) is 0. The summed E-state index contributed by atoms with van der Waals surface area (Å²) < 4.78 is 0. The molecule has 1 aliphatic carbocycles.